The van der Waals surface area contributed by atoms with Gasteiger partial charge in [-0.3, -0.25) is 9.97 Å². The van der Waals surface area contributed by atoms with Gasteiger partial charge in [0.1, 0.15) is 0 Å². The molecule has 0 fully saturated rings. The van der Waals surface area contributed by atoms with Crippen LogP contribution in [0.15, 0.2) is 231 Å². The normalized spacial score (nSPS) is 13.3. The second kappa shape index (κ2) is 20.7. The van der Waals surface area contributed by atoms with E-state index in [2.05, 4.69) is 328 Å². The van der Waals surface area contributed by atoms with Crippen LogP contribution in [0.5, 0.6) is 0 Å². The van der Waals surface area contributed by atoms with E-state index in [0.29, 0.717) is 6.54 Å². The molecular weight excluding hydrogens is 1050 g/mol. The highest BCUT2D eigenvalue weighted by Crippen LogP contribution is 2.49. The van der Waals surface area contributed by atoms with E-state index in [1.54, 1.807) is 0 Å². The van der Waals surface area contributed by atoms with Crippen molar-refractivity contribution >= 4 is 73.3 Å². The van der Waals surface area contributed by atoms with Crippen molar-refractivity contribution < 1.29 is 0 Å². The van der Waals surface area contributed by atoms with Crippen LogP contribution in [0.25, 0.3) is 72.0 Å². The molecule has 0 amide bonds. The van der Waals surface area contributed by atoms with E-state index in [0.717, 1.165) is 62.0 Å². The summed E-state index contributed by atoms with van der Waals surface area (Å²) in [7, 11) is 0. The van der Waals surface area contributed by atoms with Crippen LogP contribution in [0.4, 0.5) is 28.4 Å². The van der Waals surface area contributed by atoms with Crippen molar-refractivity contribution in [1.82, 2.24) is 14.5 Å². The quantitative estimate of drug-likeness (QED) is 0.142. The molecule has 0 aliphatic carbocycles. The number of aromatic nitrogens is 3. The lowest BCUT2D eigenvalue weighted by atomic mass is 9.33. The maximum atomic E-state index is 5.11. The third-order valence-electron chi connectivity index (χ3n) is 18.3. The Kier molecular flexibility index (Phi) is 13.2. The molecule has 0 radical (unpaired) electrons. The van der Waals surface area contributed by atoms with E-state index >= 15 is 0 Å². The summed E-state index contributed by atoms with van der Waals surface area (Å²) in [6.45, 7) is 27.6. The maximum Gasteiger partial charge on any atom is 0.252 e. The lowest BCUT2D eigenvalue weighted by molar-refractivity contribution is 0.569. The van der Waals surface area contributed by atoms with Gasteiger partial charge in [0.05, 0.1) is 22.4 Å². The Hall–Kier alpha value is -9.26. The van der Waals surface area contributed by atoms with Crippen LogP contribution in [-0.2, 0) is 28.2 Å². The lowest BCUT2D eigenvalue weighted by Crippen LogP contribution is -2.61. The van der Waals surface area contributed by atoms with Gasteiger partial charge >= 0.3 is 0 Å². The zero-order valence-corrected chi connectivity index (χ0v) is 52.5. The molecule has 6 heteroatoms. The van der Waals surface area contributed by atoms with Gasteiger partial charge in [-0.2, -0.15) is 0 Å². The summed E-state index contributed by atoms with van der Waals surface area (Å²) in [5.74, 6) is 0. The Balaban J connectivity index is 1.08. The van der Waals surface area contributed by atoms with Gasteiger partial charge in [0.15, 0.2) is 0 Å². The van der Waals surface area contributed by atoms with E-state index in [4.69, 9.17) is 9.97 Å². The predicted molar refractivity (Wildman–Crippen MR) is 371 cm³/mol. The van der Waals surface area contributed by atoms with Gasteiger partial charge in [-0.05, 0) is 126 Å². The lowest BCUT2D eigenvalue weighted by Gasteiger charge is -2.45. The molecule has 12 aromatic rings. The molecule has 0 saturated heterocycles. The number of benzene rings is 9. The van der Waals surface area contributed by atoms with E-state index in [1.165, 1.54) is 82.9 Å². The standard InChI is InChI=1S/C81H76BN5/c1-78(2,3)59-37-29-52(30-38-59)62-22-14-13-21-58(62)51-85-71-45-54(56-35-43-75(83-49-56)80(7,8)9)33-41-66(71)82-67-42-34-55(57-36-44-76(84-50-57)81(10,11)12)46-72(67)87(68-26-18-15-23-63(68)53-31-39-60(40-32-53)79(4,5)6)74-48-61(47-73(85)77(74)82)86-69-27-19-16-24-64(69)65-25-17-20-28-70(65)86/h13-50H,51H2,1-12H3. The third kappa shape index (κ3) is 9.84. The first-order valence-electron chi connectivity index (χ1n) is 31.0. The number of hydrogen-bond acceptors (Lipinski definition) is 4. The Morgan fingerprint density at radius 3 is 1.33 bits per heavy atom. The number of anilines is 5. The molecule has 5 heterocycles. The molecular formula is C81H76BN5. The first-order valence-corrected chi connectivity index (χ1v) is 31.0. The average molecular weight is 1130 g/mol. The van der Waals surface area contributed by atoms with E-state index in [1.807, 2.05) is 0 Å². The van der Waals surface area contributed by atoms with Crippen molar-refractivity contribution in [1.29, 1.82) is 0 Å². The van der Waals surface area contributed by atoms with Crippen LogP contribution in [-0.4, -0.2) is 21.2 Å². The van der Waals surface area contributed by atoms with E-state index in [-0.39, 0.29) is 28.4 Å². The predicted octanol–water partition coefficient (Wildman–Crippen LogP) is 19.4. The third-order valence-corrected chi connectivity index (χ3v) is 18.3. The fourth-order valence-electron chi connectivity index (χ4n) is 13.5. The minimum Gasteiger partial charge on any atom is -0.338 e. The SMILES string of the molecule is CC(C)(C)c1ccc(-c2ccccc2CN2c3cc(-c4ccc(C(C)(C)C)nc4)ccc3B3c4ccc(-c5ccc(C(C)(C)C)nc5)cc4N(c4ccccc4-c4ccc(C(C)(C)C)cc4)c4cc(-n5c6ccccc6c6ccccc65)cc2c43)cc1. The average Bonchev–Trinajstić information content (AvgIpc) is 0.921. The summed E-state index contributed by atoms with van der Waals surface area (Å²) in [5, 5.41) is 2.45. The van der Waals surface area contributed by atoms with Crippen LogP contribution in [0, 0.1) is 0 Å². The molecule has 2 aliphatic rings. The summed E-state index contributed by atoms with van der Waals surface area (Å²) < 4.78 is 2.51. The van der Waals surface area contributed by atoms with Gasteiger partial charge in [-0.1, -0.05) is 247 Å². The van der Waals surface area contributed by atoms with Crippen LogP contribution < -0.4 is 26.2 Å². The van der Waals surface area contributed by atoms with Crippen molar-refractivity contribution in [3.8, 4) is 50.2 Å². The topological polar surface area (TPSA) is 37.2 Å². The highest BCUT2D eigenvalue weighted by Gasteiger charge is 2.44. The molecule has 87 heavy (non-hydrogen) atoms. The van der Waals surface area contributed by atoms with Crippen LogP contribution >= 0.6 is 0 Å². The van der Waals surface area contributed by atoms with Gasteiger partial charge in [0.25, 0.3) is 6.71 Å². The van der Waals surface area contributed by atoms with Crippen molar-refractivity contribution in [2.45, 2.75) is 111 Å². The van der Waals surface area contributed by atoms with Crippen molar-refractivity contribution in [2.75, 3.05) is 9.80 Å². The summed E-state index contributed by atoms with van der Waals surface area (Å²) in [4.78, 5) is 15.5. The van der Waals surface area contributed by atoms with Crippen LogP contribution in [0.1, 0.15) is 111 Å². The molecule has 2 aliphatic heterocycles. The smallest absolute Gasteiger partial charge is 0.252 e. The molecule has 14 rings (SSSR count). The summed E-state index contributed by atoms with van der Waals surface area (Å²) in [6, 6.07) is 82.9. The largest absolute Gasteiger partial charge is 0.338 e. The monoisotopic (exact) mass is 1130 g/mol. The van der Waals surface area contributed by atoms with Gasteiger partial charge in [0, 0.05) is 91.4 Å². The molecule has 0 bridgehead atoms. The molecule has 3 aromatic heterocycles. The zero-order valence-electron chi connectivity index (χ0n) is 52.5. The minimum atomic E-state index is -0.135. The van der Waals surface area contributed by atoms with Gasteiger partial charge in [-0.25, -0.2) is 0 Å². The number of pyridine rings is 2. The number of fused-ring (bicyclic) bond motifs is 7. The first kappa shape index (κ1) is 55.6. The van der Waals surface area contributed by atoms with Gasteiger partial charge in [-0.15, -0.1) is 0 Å². The van der Waals surface area contributed by atoms with Crippen LogP contribution in [0.3, 0.4) is 0 Å². The molecule has 0 unspecified atom stereocenters. The highest BCUT2D eigenvalue weighted by atomic mass is 15.2. The minimum absolute atomic E-state index is 0.00955. The maximum absolute atomic E-state index is 5.11. The number of hydrogen-bond donors (Lipinski definition) is 0. The first-order chi connectivity index (χ1) is 41.7. The Bertz CT molecular complexity index is 4570. The molecule has 0 atom stereocenters. The molecule has 0 saturated carbocycles. The molecule has 428 valence electrons. The number of nitrogens with zero attached hydrogens (tertiary/aromatic N) is 5. The van der Waals surface area contributed by atoms with Gasteiger partial charge < -0.3 is 14.4 Å². The van der Waals surface area contributed by atoms with E-state index < -0.39 is 0 Å². The molecule has 0 N–H and O–H groups in total. The number of rotatable bonds is 8. The Labute approximate surface area is 515 Å². The van der Waals surface area contributed by atoms with Crippen molar-refractivity contribution in [3.05, 3.63) is 259 Å². The Morgan fingerprint density at radius 2 is 0.805 bits per heavy atom. The zero-order chi connectivity index (χ0) is 60.3. The molecule has 5 nitrogen and oxygen atoms in total. The Morgan fingerprint density at radius 1 is 0.356 bits per heavy atom. The summed E-state index contributed by atoms with van der Waals surface area (Å²) in [6.07, 6.45) is 4.15. The fraction of sp³-hybridized carbons (Fsp3) is 0.210. The second-order valence-electron chi connectivity index (χ2n) is 28.4. The molecule has 9 aromatic carbocycles. The highest BCUT2D eigenvalue weighted by molar-refractivity contribution is 7.00. The fourth-order valence-corrected chi connectivity index (χ4v) is 13.5. The number of para-hydroxylation sites is 3. The molecule has 0 spiro atoms. The van der Waals surface area contributed by atoms with Crippen molar-refractivity contribution in [2.24, 2.45) is 0 Å². The summed E-state index contributed by atoms with van der Waals surface area (Å²) in [5.41, 5.74) is 28.1. The van der Waals surface area contributed by atoms with Gasteiger partial charge in [0.2, 0.25) is 0 Å². The summed E-state index contributed by atoms with van der Waals surface area (Å²) >= 11 is 0. The second-order valence-corrected chi connectivity index (χ2v) is 28.4. The van der Waals surface area contributed by atoms with Crippen LogP contribution in [0.2, 0.25) is 0 Å². The van der Waals surface area contributed by atoms with Crippen molar-refractivity contribution in [3.63, 3.8) is 0 Å². The van der Waals surface area contributed by atoms with E-state index in [9.17, 15) is 0 Å².